The molecule has 2 unspecified atom stereocenters. The highest BCUT2D eigenvalue weighted by Gasteiger charge is 2.41. The Hall–Kier alpha value is -1.89. The second-order valence-corrected chi connectivity index (χ2v) is 10.1. The van der Waals surface area contributed by atoms with Gasteiger partial charge >= 0.3 is 0 Å². The predicted octanol–water partition coefficient (Wildman–Crippen LogP) is 2.43. The van der Waals surface area contributed by atoms with E-state index in [4.69, 9.17) is 0 Å². The summed E-state index contributed by atoms with van der Waals surface area (Å²) in [4.78, 5) is 27.4. The van der Waals surface area contributed by atoms with E-state index in [0.717, 1.165) is 31.4 Å². The van der Waals surface area contributed by atoms with Gasteiger partial charge in [0.25, 0.3) is 5.91 Å². The predicted molar refractivity (Wildman–Crippen MR) is 114 cm³/mol. The zero-order chi connectivity index (χ0) is 21.3. The number of piperidine rings is 1. The molecule has 29 heavy (non-hydrogen) atoms. The average molecular weight is 404 g/mol. The van der Waals surface area contributed by atoms with Gasteiger partial charge in [-0.2, -0.15) is 5.10 Å². The molecule has 2 N–H and O–H groups in total. The van der Waals surface area contributed by atoms with E-state index in [0.29, 0.717) is 42.7 Å². The number of aromatic nitrogens is 2. The molecule has 2 bridgehead atoms. The van der Waals surface area contributed by atoms with E-state index in [9.17, 15) is 9.59 Å². The summed E-state index contributed by atoms with van der Waals surface area (Å²) in [6, 6.07) is 2.79. The number of carbonyl (C=O) groups is 2. The molecule has 2 fully saturated rings. The molecule has 2 saturated heterocycles. The van der Waals surface area contributed by atoms with Gasteiger partial charge in [0.2, 0.25) is 5.91 Å². The van der Waals surface area contributed by atoms with Crippen LogP contribution in [0.5, 0.6) is 0 Å². The molecular weight excluding hydrogens is 366 g/mol. The van der Waals surface area contributed by atoms with Crippen molar-refractivity contribution in [1.29, 1.82) is 0 Å². The molecule has 2 aliphatic rings. The van der Waals surface area contributed by atoms with Crippen LogP contribution in [0.3, 0.4) is 0 Å². The van der Waals surface area contributed by atoms with E-state index in [1.54, 1.807) is 4.68 Å². The first kappa shape index (κ1) is 21.8. The van der Waals surface area contributed by atoms with Crippen molar-refractivity contribution < 1.29 is 9.59 Å². The van der Waals surface area contributed by atoms with Crippen LogP contribution in [0.2, 0.25) is 0 Å². The van der Waals surface area contributed by atoms with Gasteiger partial charge in [0, 0.05) is 31.2 Å². The number of nitrogens with one attached hydrogen (secondary N) is 2. The van der Waals surface area contributed by atoms with Gasteiger partial charge in [-0.3, -0.25) is 19.2 Å². The minimum Gasteiger partial charge on any atom is -0.350 e. The first-order valence-corrected chi connectivity index (χ1v) is 10.9. The standard InChI is InChI=1S/C22H37N5O2/c1-14(2)18-11-19(26(6)25-18)21(29)23-12-15-9-16-7-8-17(10-15)27(16)13-20(28)24-22(3,4)5/h11,14-17H,7-10,12-13H2,1-6H3,(H,23,29)(H,24,28). The molecule has 3 heterocycles. The summed E-state index contributed by atoms with van der Waals surface area (Å²) in [5, 5.41) is 10.6. The zero-order valence-corrected chi connectivity index (χ0v) is 18.8. The van der Waals surface area contributed by atoms with E-state index in [2.05, 4.69) is 34.5 Å². The van der Waals surface area contributed by atoms with Gasteiger partial charge in [-0.15, -0.1) is 0 Å². The van der Waals surface area contributed by atoms with Crippen molar-refractivity contribution in [3.63, 3.8) is 0 Å². The summed E-state index contributed by atoms with van der Waals surface area (Å²) < 4.78 is 1.67. The number of rotatable bonds is 6. The highest BCUT2D eigenvalue weighted by Crippen LogP contribution is 2.38. The monoisotopic (exact) mass is 403 g/mol. The zero-order valence-electron chi connectivity index (χ0n) is 18.8. The van der Waals surface area contributed by atoms with Crippen LogP contribution in [0.4, 0.5) is 0 Å². The Morgan fingerprint density at radius 1 is 1.21 bits per heavy atom. The molecule has 0 aliphatic carbocycles. The molecule has 0 aromatic carbocycles. The van der Waals surface area contributed by atoms with Gasteiger partial charge in [0.05, 0.1) is 12.2 Å². The highest BCUT2D eigenvalue weighted by atomic mass is 16.2. The SMILES string of the molecule is CC(C)c1cc(C(=O)NCC2CC3CCC(C2)N3CC(=O)NC(C)(C)C)n(C)n1. The fourth-order valence-corrected chi connectivity index (χ4v) is 4.75. The summed E-state index contributed by atoms with van der Waals surface area (Å²) in [5.41, 5.74) is 1.37. The van der Waals surface area contributed by atoms with Crippen molar-refractivity contribution in [2.45, 2.75) is 83.8 Å². The summed E-state index contributed by atoms with van der Waals surface area (Å²) >= 11 is 0. The molecule has 1 aromatic rings. The molecule has 1 aromatic heterocycles. The Kier molecular flexibility index (Phi) is 6.36. The van der Waals surface area contributed by atoms with Gasteiger partial charge in [-0.05, 0) is 64.4 Å². The average Bonchev–Trinajstić information content (AvgIpc) is 3.08. The smallest absolute Gasteiger partial charge is 0.269 e. The minimum absolute atomic E-state index is 0.0498. The molecule has 2 aliphatic heterocycles. The molecule has 2 atom stereocenters. The van der Waals surface area contributed by atoms with Crippen molar-refractivity contribution in [2.75, 3.05) is 13.1 Å². The molecule has 162 valence electrons. The van der Waals surface area contributed by atoms with Crippen LogP contribution in [0.1, 0.15) is 82.4 Å². The molecule has 0 spiro atoms. The normalized spacial score (nSPS) is 24.7. The van der Waals surface area contributed by atoms with E-state index in [1.807, 2.05) is 33.9 Å². The van der Waals surface area contributed by atoms with Crippen molar-refractivity contribution in [3.05, 3.63) is 17.5 Å². The lowest BCUT2D eigenvalue weighted by Crippen LogP contribution is -2.52. The van der Waals surface area contributed by atoms with Crippen LogP contribution < -0.4 is 10.6 Å². The number of fused-ring (bicyclic) bond motifs is 2. The van der Waals surface area contributed by atoms with Crippen molar-refractivity contribution in [2.24, 2.45) is 13.0 Å². The third-order valence-electron chi connectivity index (χ3n) is 6.10. The lowest BCUT2D eigenvalue weighted by Gasteiger charge is -2.39. The van der Waals surface area contributed by atoms with E-state index in [1.165, 1.54) is 0 Å². The second-order valence-electron chi connectivity index (χ2n) is 10.1. The lowest BCUT2D eigenvalue weighted by atomic mass is 9.90. The van der Waals surface area contributed by atoms with Gasteiger partial charge in [-0.1, -0.05) is 13.8 Å². The van der Waals surface area contributed by atoms with Crippen LogP contribution in [-0.4, -0.2) is 57.2 Å². The van der Waals surface area contributed by atoms with Gasteiger partial charge < -0.3 is 10.6 Å². The maximum Gasteiger partial charge on any atom is 0.269 e. The first-order valence-electron chi connectivity index (χ1n) is 10.9. The highest BCUT2D eigenvalue weighted by molar-refractivity contribution is 5.92. The first-order chi connectivity index (χ1) is 13.5. The van der Waals surface area contributed by atoms with Crippen molar-refractivity contribution >= 4 is 11.8 Å². The number of carbonyl (C=O) groups excluding carboxylic acids is 2. The summed E-state index contributed by atoms with van der Waals surface area (Å²) in [5.74, 6) is 0.832. The van der Waals surface area contributed by atoms with Crippen LogP contribution in [0.15, 0.2) is 6.07 Å². The maximum atomic E-state index is 12.6. The number of hydrogen-bond donors (Lipinski definition) is 2. The molecule has 0 saturated carbocycles. The van der Waals surface area contributed by atoms with E-state index < -0.39 is 0 Å². The van der Waals surface area contributed by atoms with Crippen LogP contribution in [0, 0.1) is 5.92 Å². The van der Waals surface area contributed by atoms with Crippen molar-refractivity contribution in [3.8, 4) is 0 Å². The molecule has 2 amide bonds. The third-order valence-corrected chi connectivity index (χ3v) is 6.10. The Bertz CT molecular complexity index is 735. The second kappa shape index (κ2) is 8.46. The third kappa shape index (κ3) is 5.38. The number of nitrogens with zero attached hydrogens (tertiary/aromatic N) is 3. The minimum atomic E-state index is -0.194. The molecule has 3 rings (SSSR count). The Morgan fingerprint density at radius 2 is 1.83 bits per heavy atom. The fourth-order valence-electron chi connectivity index (χ4n) is 4.75. The molecule has 0 radical (unpaired) electrons. The Balaban J connectivity index is 1.51. The van der Waals surface area contributed by atoms with Crippen LogP contribution in [0.25, 0.3) is 0 Å². The van der Waals surface area contributed by atoms with Gasteiger partial charge in [0.1, 0.15) is 5.69 Å². The summed E-state index contributed by atoms with van der Waals surface area (Å²) in [6.45, 7) is 11.4. The largest absolute Gasteiger partial charge is 0.350 e. The van der Waals surface area contributed by atoms with Crippen LogP contribution in [-0.2, 0) is 11.8 Å². The number of hydrogen-bond acceptors (Lipinski definition) is 4. The molecular formula is C22H37N5O2. The summed E-state index contributed by atoms with van der Waals surface area (Å²) in [7, 11) is 1.82. The topological polar surface area (TPSA) is 79.3 Å². The quantitative estimate of drug-likeness (QED) is 0.765. The van der Waals surface area contributed by atoms with Gasteiger partial charge in [0.15, 0.2) is 0 Å². The number of amides is 2. The molecule has 7 nitrogen and oxygen atoms in total. The fraction of sp³-hybridized carbons (Fsp3) is 0.773. The molecule has 7 heteroatoms. The van der Waals surface area contributed by atoms with Crippen molar-refractivity contribution in [1.82, 2.24) is 25.3 Å². The summed E-state index contributed by atoms with van der Waals surface area (Å²) in [6.07, 6.45) is 4.39. The van der Waals surface area contributed by atoms with Gasteiger partial charge in [-0.25, -0.2) is 0 Å². The van der Waals surface area contributed by atoms with E-state index >= 15 is 0 Å². The Labute approximate surface area is 174 Å². The lowest BCUT2D eigenvalue weighted by molar-refractivity contribution is -0.125. The van der Waals surface area contributed by atoms with E-state index in [-0.39, 0.29) is 17.4 Å². The van der Waals surface area contributed by atoms with Crippen LogP contribution >= 0.6 is 0 Å². The maximum absolute atomic E-state index is 12.6. The number of aryl methyl sites for hydroxylation is 1. The Morgan fingerprint density at radius 3 is 2.34 bits per heavy atom.